The van der Waals surface area contributed by atoms with Crippen LogP contribution < -0.4 is 5.56 Å². The summed E-state index contributed by atoms with van der Waals surface area (Å²) in [5.74, 6) is -0.0713. The maximum Gasteiger partial charge on any atom is 0.269 e. The van der Waals surface area contributed by atoms with E-state index < -0.39 is 5.56 Å². The van der Waals surface area contributed by atoms with E-state index in [1.807, 2.05) is 13.0 Å². The minimum atomic E-state index is -0.441. The molecule has 2 N–H and O–H groups in total. The van der Waals surface area contributed by atoms with Crippen molar-refractivity contribution in [2.45, 2.75) is 6.92 Å². The third kappa shape index (κ3) is 2.35. The Morgan fingerprint density at radius 3 is 2.76 bits per heavy atom. The summed E-state index contributed by atoms with van der Waals surface area (Å²) in [7, 11) is 0. The van der Waals surface area contributed by atoms with Gasteiger partial charge in [0.1, 0.15) is 10.3 Å². The van der Waals surface area contributed by atoms with Crippen LogP contribution in [0.1, 0.15) is 5.56 Å². The van der Waals surface area contributed by atoms with Gasteiger partial charge < -0.3 is 10.1 Å². The standard InChI is InChI=1S/C11H8BrClN2O2/c1-5-2-3-6(4-7(5)13)9-14-10(16)8(12)11(17)15-9/h2-4H,1H3,(H2,14,15,16,17). The molecule has 4 nitrogen and oxygen atoms in total. The van der Waals surface area contributed by atoms with E-state index in [0.717, 1.165) is 5.56 Å². The van der Waals surface area contributed by atoms with Gasteiger partial charge in [-0.2, -0.15) is 4.98 Å². The van der Waals surface area contributed by atoms with Gasteiger partial charge in [0.15, 0.2) is 0 Å². The molecule has 0 aliphatic carbocycles. The summed E-state index contributed by atoms with van der Waals surface area (Å²) < 4.78 is 0.0134. The molecule has 0 amide bonds. The minimum Gasteiger partial charge on any atom is -0.492 e. The van der Waals surface area contributed by atoms with Crippen LogP contribution in [0.4, 0.5) is 0 Å². The lowest BCUT2D eigenvalue weighted by atomic mass is 10.1. The maximum atomic E-state index is 11.5. The summed E-state index contributed by atoms with van der Waals surface area (Å²) in [6.45, 7) is 1.88. The van der Waals surface area contributed by atoms with Gasteiger partial charge in [0.2, 0.25) is 5.88 Å². The second-order valence-corrected chi connectivity index (χ2v) is 4.72. The first kappa shape index (κ1) is 12.1. The van der Waals surface area contributed by atoms with Gasteiger partial charge in [0.05, 0.1) is 0 Å². The predicted octanol–water partition coefficient (Wildman–Crippen LogP) is 2.87. The number of hydrogen-bond acceptors (Lipinski definition) is 3. The van der Waals surface area contributed by atoms with E-state index in [1.54, 1.807) is 12.1 Å². The molecule has 2 aromatic rings. The Hall–Kier alpha value is -1.33. The van der Waals surface area contributed by atoms with Crippen molar-refractivity contribution in [3.05, 3.63) is 43.6 Å². The first-order chi connectivity index (χ1) is 7.99. The number of nitrogens with zero attached hydrogens (tertiary/aromatic N) is 1. The topological polar surface area (TPSA) is 66.0 Å². The summed E-state index contributed by atoms with van der Waals surface area (Å²) >= 11 is 8.91. The lowest BCUT2D eigenvalue weighted by Gasteiger charge is -2.04. The quantitative estimate of drug-likeness (QED) is 0.850. The Labute approximate surface area is 110 Å². The van der Waals surface area contributed by atoms with E-state index in [-0.39, 0.29) is 16.2 Å². The highest BCUT2D eigenvalue weighted by atomic mass is 79.9. The molecule has 0 atom stereocenters. The van der Waals surface area contributed by atoms with Crippen LogP contribution in [-0.4, -0.2) is 15.1 Å². The molecule has 6 heteroatoms. The minimum absolute atomic E-state index is 0.0134. The van der Waals surface area contributed by atoms with Gasteiger partial charge in [-0.25, -0.2) is 0 Å². The van der Waals surface area contributed by atoms with Crippen LogP contribution in [-0.2, 0) is 0 Å². The summed E-state index contributed by atoms with van der Waals surface area (Å²) in [5, 5.41) is 10.0. The monoisotopic (exact) mass is 314 g/mol. The Balaban J connectivity index is 2.61. The largest absolute Gasteiger partial charge is 0.492 e. The molecule has 0 aliphatic heterocycles. The number of aromatic hydroxyl groups is 1. The second-order valence-electron chi connectivity index (χ2n) is 3.52. The molecule has 2 rings (SSSR count). The molecule has 0 saturated carbocycles. The molecule has 1 aromatic heterocycles. The van der Waals surface area contributed by atoms with Gasteiger partial charge in [-0.3, -0.25) is 4.79 Å². The van der Waals surface area contributed by atoms with E-state index in [9.17, 15) is 9.90 Å². The Kier molecular flexibility index (Phi) is 3.22. The molecule has 1 aromatic carbocycles. The van der Waals surface area contributed by atoms with Crippen molar-refractivity contribution in [2.24, 2.45) is 0 Å². The van der Waals surface area contributed by atoms with Crippen LogP contribution in [0.3, 0.4) is 0 Å². The van der Waals surface area contributed by atoms with Gasteiger partial charge in [-0.15, -0.1) is 0 Å². The molecule has 0 radical (unpaired) electrons. The van der Waals surface area contributed by atoms with Crippen LogP contribution in [0.5, 0.6) is 5.88 Å². The van der Waals surface area contributed by atoms with Crippen LogP contribution in [0, 0.1) is 6.92 Å². The van der Waals surface area contributed by atoms with Crippen LogP contribution >= 0.6 is 27.5 Å². The molecule has 0 aliphatic rings. The third-order valence-electron chi connectivity index (χ3n) is 2.29. The lowest BCUT2D eigenvalue weighted by Crippen LogP contribution is -2.09. The van der Waals surface area contributed by atoms with E-state index in [2.05, 4.69) is 25.9 Å². The van der Waals surface area contributed by atoms with Crippen molar-refractivity contribution in [3.8, 4) is 17.3 Å². The van der Waals surface area contributed by atoms with Crippen molar-refractivity contribution in [1.29, 1.82) is 0 Å². The fourth-order valence-electron chi connectivity index (χ4n) is 1.32. The Bertz CT molecular complexity index is 640. The van der Waals surface area contributed by atoms with E-state index in [1.165, 1.54) is 0 Å². The smallest absolute Gasteiger partial charge is 0.269 e. The first-order valence-electron chi connectivity index (χ1n) is 4.74. The number of aryl methyl sites for hydroxylation is 1. The average Bonchev–Trinajstić information content (AvgIpc) is 2.29. The van der Waals surface area contributed by atoms with Crippen molar-refractivity contribution < 1.29 is 5.11 Å². The predicted molar refractivity (Wildman–Crippen MR) is 69.4 cm³/mol. The Morgan fingerprint density at radius 1 is 1.47 bits per heavy atom. The highest BCUT2D eigenvalue weighted by Gasteiger charge is 2.09. The van der Waals surface area contributed by atoms with Gasteiger partial charge in [0, 0.05) is 10.6 Å². The maximum absolute atomic E-state index is 11.5. The third-order valence-corrected chi connectivity index (χ3v) is 3.41. The molecule has 0 saturated heterocycles. The van der Waals surface area contributed by atoms with Gasteiger partial charge in [-0.1, -0.05) is 23.7 Å². The van der Waals surface area contributed by atoms with E-state index in [0.29, 0.717) is 10.6 Å². The van der Waals surface area contributed by atoms with Crippen LogP contribution in [0.2, 0.25) is 5.02 Å². The first-order valence-corrected chi connectivity index (χ1v) is 5.91. The molecule has 17 heavy (non-hydrogen) atoms. The van der Waals surface area contributed by atoms with E-state index in [4.69, 9.17) is 11.6 Å². The van der Waals surface area contributed by atoms with Crippen molar-refractivity contribution in [2.75, 3.05) is 0 Å². The molecule has 0 bridgehead atoms. The zero-order valence-electron chi connectivity index (χ0n) is 8.79. The fourth-order valence-corrected chi connectivity index (χ4v) is 1.69. The summed E-state index contributed by atoms with van der Waals surface area (Å²) in [5.41, 5.74) is 1.13. The highest BCUT2D eigenvalue weighted by Crippen LogP contribution is 2.24. The van der Waals surface area contributed by atoms with Crippen LogP contribution in [0.15, 0.2) is 27.5 Å². The van der Waals surface area contributed by atoms with Crippen molar-refractivity contribution in [3.63, 3.8) is 0 Å². The molecule has 1 heterocycles. The van der Waals surface area contributed by atoms with E-state index >= 15 is 0 Å². The number of rotatable bonds is 1. The number of nitrogens with one attached hydrogen (secondary N) is 1. The number of halogens is 2. The molecule has 0 unspecified atom stereocenters. The second kappa shape index (κ2) is 4.50. The number of H-pyrrole nitrogens is 1. The average molecular weight is 316 g/mol. The van der Waals surface area contributed by atoms with Gasteiger partial charge in [0.25, 0.3) is 5.56 Å². The molecular formula is C11H8BrClN2O2. The number of hydrogen-bond donors (Lipinski definition) is 2. The molecule has 0 fully saturated rings. The summed E-state index contributed by atoms with van der Waals surface area (Å²) in [6.07, 6.45) is 0. The van der Waals surface area contributed by atoms with Gasteiger partial charge >= 0.3 is 0 Å². The lowest BCUT2D eigenvalue weighted by molar-refractivity contribution is 0.448. The van der Waals surface area contributed by atoms with Gasteiger partial charge in [-0.05, 0) is 34.5 Å². The van der Waals surface area contributed by atoms with Crippen molar-refractivity contribution in [1.82, 2.24) is 9.97 Å². The molecular weight excluding hydrogens is 307 g/mol. The van der Waals surface area contributed by atoms with Crippen LogP contribution in [0.25, 0.3) is 11.4 Å². The number of aromatic amines is 1. The van der Waals surface area contributed by atoms with Crippen molar-refractivity contribution >= 4 is 27.5 Å². The summed E-state index contributed by atoms with van der Waals surface area (Å²) in [4.78, 5) is 17.9. The molecule has 0 spiro atoms. The highest BCUT2D eigenvalue weighted by molar-refractivity contribution is 9.10. The number of aromatic nitrogens is 2. The zero-order chi connectivity index (χ0) is 12.6. The normalized spacial score (nSPS) is 10.5. The Morgan fingerprint density at radius 2 is 2.18 bits per heavy atom. The fraction of sp³-hybridized carbons (Fsp3) is 0.0909. The number of benzene rings is 1. The zero-order valence-corrected chi connectivity index (χ0v) is 11.1. The molecule has 88 valence electrons. The SMILES string of the molecule is Cc1ccc(-c2nc(O)c(Br)c(=O)[nH]2)cc1Cl. The summed E-state index contributed by atoms with van der Waals surface area (Å²) in [6, 6.07) is 5.27.